The molecule has 0 saturated carbocycles. The molecule has 0 bridgehead atoms. The molecule has 0 atom stereocenters. The minimum Gasteiger partial charge on any atom is -0.437 e. The highest BCUT2D eigenvalue weighted by atomic mass is 32.2. The monoisotopic (exact) mass is 289 g/mol. The molecule has 0 aliphatic heterocycles. The van der Waals surface area contributed by atoms with E-state index < -0.39 is 5.91 Å². The largest absolute Gasteiger partial charge is 0.437 e. The second-order valence-electron chi connectivity index (χ2n) is 3.62. The fraction of sp³-hybridized carbons (Fsp3) is 0.154. The van der Waals surface area contributed by atoms with Crippen LogP contribution in [0.1, 0.15) is 17.4 Å². The van der Waals surface area contributed by atoms with Crippen molar-refractivity contribution in [3.8, 4) is 11.6 Å². The second kappa shape index (κ2) is 6.76. The quantitative estimate of drug-likeness (QED) is 0.620. The average Bonchev–Trinajstić information content (AvgIpc) is 2.48. The van der Waals surface area contributed by atoms with E-state index in [0.717, 1.165) is 5.75 Å². The van der Waals surface area contributed by atoms with Crippen molar-refractivity contribution >= 4 is 17.7 Å². The molecule has 102 valence electrons. The van der Waals surface area contributed by atoms with Crippen LogP contribution in [0.5, 0.6) is 11.6 Å². The lowest BCUT2D eigenvalue weighted by atomic mass is 10.3. The average molecular weight is 289 g/mol. The topological polar surface area (TPSA) is 81.5 Å². The number of thioether (sulfide) groups is 1. The SMILES string of the molecule is CCSc1cc(Oc2ccccn2)cnc1C(=O)N=O. The Morgan fingerprint density at radius 2 is 2.25 bits per heavy atom. The summed E-state index contributed by atoms with van der Waals surface area (Å²) in [5.41, 5.74) is 0.0419. The van der Waals surface area contributed by atoms with Crippen LogP contribution < -0.4 is 4.74 Å². The van der Waals surface area contributed by atoms with E-state index in [0.29, 0.717) is 16.5 Å². The number of hydrogen-bond donors (Lipinski definition) is 0. The van der Waals surface area contributed by atoms with Gasteiger partial charge in [0.1, 0.15) is 11.4 Å². The highest BCUT2D eigenvalue weighted by Crippen LogP contribution is 2.28. The van der Waals surface area contributed by atoms with E-state index in [-0.39, 0.29) is 5.69 Å². The number of carbonyl (C=O) groups excluding carboxylic acids is 1. The van der Waals surface area contributed by atoms with Crippen molar-refractivity contribution < 1.29 is 9.53 Å². The van der Waals surface area contributed by atoms with Crippen molar-refractivity contribution in [3.05, 3.63) is 47.3 Å². The van der Waals surface area contributed by atoms with Crippen molar-refractivity contribution in [2.24, 2.45) is 5.18 Å². The summed E-state index contributed by atoms with van der Waals surface area (Å²) in [6.45, 7) is 1.93. The Kier molecular flexibility index (Phi) is 4.78. The summed E-state index contributed by atoms with van der Waals surface area (Å²) in [5.74, 6) is 0.718. The van der Waals surface area contributed by atoms with Crippen LogP contribution in [-0.2, 0) is 0 Å². The number of aromatic nitrogens is 2. The minimum atomic E-state index is -0.884. The Balaban J connectivity index is 2.30. The molecule has 0 aromatic carbocycles. The number of ether oxygens (including phenoxy) is 1. The van der Waals surface area contributed by atoms with Crippen molar-refractivity contribution in [3.63, 3.8) is 0 Å². The molecule has 0 unspecified atom stereocenters. The minimum absolute atomic E-state index is 0.0419. The highest BCUT2D eigenvalue weighted by Gasteiger charge is 2.15. The number of rotatable bonds is 5. The summed E-state index contributed by atoms with van der Waals surface area (Å²) in [5, 5.41) is 2.40. The van der Waals surface area contributed by atoms with E-state index in [4.69, 9.17) is 4.74 Å². The predicted molar refractivity (Wildman–Crippen MR) is 75.1 cm³/mol. The Hall–Kier alpha value is -2.28. The number of hydrogen-bond acceptors (Lipinski definition) is 6. The number of nitrogens with zero attached hydrogens (tertiary/aromatic N) is 3. The zero-order valence-corrected chi connectivity index (χ0v) is 11.5. The van der Waals surface area contributed by atoms with Crippen molar-refractivity contribution in [2.75, 3.05) is 5.75 Å². The van der Waals surface area contributed by atoms with Gasteiger partial charge in [0, 0.05) is 22.3 Å². The van der Waals surface area contributed by atoms with Crippen LogP contribution in [-0.4, -0.2) is 21.6 Å². The Bertz CT molecular complexity index is 620. The van der Waals surface area contributed by atoms with Gasteiger partial charge in [-0.3, -0.25) is 4.79 Å². The molecule has 0 spiro atoms. The van der Waals surface area contributed by atoms with Crippen LogP contribution >= 0.6 is 11.8 Å². The molecular weight excluding hydrogens is 278 g/mol. The van der Waals surface area contributed by atoms with Crippen LogP contribution in [0, 0.1) is 4.91 Å². The first-order chi connectivity index (χ1) is 9.74. The van der Waals surface area contributed by atoms with Gasteiger partial charge in [0.15, 0.2) is 0 Å². The summed E-state index contributed by atoms with van der Waals surface area (Å²) >= 11 is 1.39. The van der Waals surface area contributed by atoms with Crippen LogP contribution in [0.3, 0.4) is 0 Å². The van der Waals surface area contributed by atoms with Gasteiger partial charge in [-0.15, -0.1) is 16.7 Å². The smallest absolute Gasteiger partial charge is 0.336 e. The maximum Gasteiger partial charge on any atom is 0.336 e. The molecule has 2 aromatic heterocycles. The summed E-state index contributed by atoms with van der Waals surface area (Å²) in [4.78, 5) is 30.3. The van der Waals surface area contributed by atoms with Crippen LogP contribution in [0.15, 0.2) is 46.7 Å². The Morgan fingerprint density at radius 1 is 1.40 bits per heavy atom. The van der Waals surface area contributed by atoms with E-state index in [9.17, 15) is 9.70 Å². The van der Waals surface area contributed by atoms with Gasteiger partial charge in [-0.1, -0.05) is 13.0 Å². The fourth-order valence-electron chi connectivity index (χ4n) is 1.48. The van der Waals surface area contributed by atoms with E-state index in [1.54, 1.807) is 30.5 Å². The predicted octanol–water partition coefficient (Wildman–Crippen LogP) is 3.29. The molecular formula is C13H11N3O3S. The van der Waals surface area contributed by atoms with E-state index >= 15 is 0 Å². The first-order valence-corrected chi connectivity index (χ1v) is 6.82. The van der Waals surface area contributed by atoms with Crippen molar-refractivity contribution in [1.29, 1.82) is 0 Å². The molecule has 0 saturated heterocycles. The third-order valence-electron chi connectivity index (χ3n) is 2.27. The molecule has 2 rings (SSSR count). The van der Waals surface area contributed by atoms with E-state index in [1.807, 2.05) is 6.92 Å². The highest BCUT2D eigenvalue weighted by molar-refractivity contribution is 7.99. The van der Waals surface area contributed by atoms with Crippen LogP contribution in [0.2, 0.25) is 0 Å². The van der Waals surface area contributed by atoms with Crippen LogP contribution in [0.25, 0.3) is 0 Å². The summed E-state index contributed by atoms with van der Waals surface area (Å²) in [6.07, 6.45) is 2.98. The molecule has 0 radical (unpaired) electrons. The standard InChI is InChI=1S/C13H11N3O3S/c1-2-20-10-7-9(8-15-12(10)13(17)16-18)19-11-5-3-4-6-14-11/h3-8H,2H2,1H3. The van der Waals surface area contributed by atoms with Gasteiger partial charge in [-0.2, -0.15) is 0 Å². The third-order valence-corrected chi connectivity index (χ3v) is 3.18. The van der Waals surface area contributed by atoms with Crippen molar-refractivity contribution in [2.45, 2.75) is 11.8 Å². The first kappa shape index (κ1) is 14.1. The van der Waals surface area contributed by atoms with Gasteiger partial charge in [-0.05, 0) is 17.9 Å². The fourth-order valence-corrected chi connectivity index (χ4v) is 2.27. The summed E-state index contributed by atoms with van der Waals surface area (Å²) < 4.78 is 5.53. The molecule has 0 aliphatic carbocycles. The Labute approximate surface area is 119 Å². The maximum absolute atomic E-state index is 11.4. The van der Waals surface area contributed by atoms with Gasteiger partial charge in [0.05, 0.1) is 6.20 Å². The zero-order valence-electron chi connectivity index (χ0n) is 10.6. The van der Waals surface area contributed by atoms with Gasteiger partial charge in [-0.25, -0.2) is 9.97 Å². The molecule has 0 N–H and O–H groups in total. The number of amides is 1. The molecule has 6 nitrogen and oxygen atoms in total. The maximum atomic E-state index is 11.4. The van der Waals surface area contributed by atoms with Crippen molar-refractivity contribution in [1.82, 2.24) is 9.97 Å². The van der Waals surface area contributed by atoms with Crippen LogP contribution in [0.4, 0.5) is 0 Å². The number of carbonyl (C=O) groups is 1. The molecule has 1 amide bonds. The lowest BCUT2D eigenvalue weighted by molar-refractivity contribution is 0.0993. The Morgan fingerprint density at radius 3 is 2.90 bits per heavy atom. The van der Waals surface area contributed by atoms with E-state index in [1.165, 1.54) is 18.0 Å². The van der Waals surface area contributed by atoms with Gasteiger partial charge < -0.3 is 4.74 Å². The normalized spacial score (nSPS) is 10.1. The zero-order chi connectivity index (χ0) is 14.4. The second-order valence-corrected chi connectivity index (χ2v) is 4.92. The molecule has 2 heterocycles. The molecule has 2 aromatic rings. The van der Waals surface area contributed by atoms with E-state index in [2.05, 4.69) is 15.1 Å². The molecule has 20 heavy (non-hydrogen) atoms. The summed E-state index contributed by atoms with van der Waals surface area (Å²) in [6, 6.07) is 6.93. The molecule has 0 fully saturated rings. The van der Waals surface area contributed by atoms with Gasteiger partial charge >= 0.3 is 5.91 Å². The lowest BCUT2D eigenvalue weighted by Gasteiger charge is -2.07. The van der Waals surface area contributed by atoms with Gasteiger partial charge in [0.2, 0.25) is 5.88 Å². The molecule has 7 heteroatoms. The number of pyridine rings is 2. The summed E-state index contributed by atoms with van der Waals surface area (Å²) in [7, 11) is 0. The lowest BCUT2D eigenvalue weighted by Crippen LogP contribution is -2.01. The third kappa shape index (κ3) is 3.39. The first-order valence-electron chi connectivity index (χ1n) is 5.84. The number of nitroso groups, excluding NO2 is 1. The molecule has 0 aliphatic rings. The van der Waals surface area contributed by atoms with Gasteiger partial charge in [0.25, 0.3) is 0 Å².